The second-order valence-electron chi connectivity index (χ2n) is 7.03. The lowest BCUT2D eigenvalue weighted by molar-refractivity contribution is 0.0971. The summed E-state index contributed by atoms with van der Waals surface area (Å²) in [5, 5.41) is 0. The quantitative estimate of drug-likeness (QED) is 0.824. The molecule has 6 heteroatoms. The molecule has 2 aromatic rings. The van der Waals surface area contributed by atoms with Gasteiger partial charge in [-0.2, -0.15) is 4.39 Å². The zero-order valence-electron chi connectivity index (χ0n) is 15.1. The first-order valence-electron chi connectivity index (χ1n) is 7.91. The molecule has 1 aromatic heterocycles. The van der Waals surface area contributed by atoms with Crippen molar-refractivity contribution in [1.29, 1.82) is 0 Å². The smallest absolute Gasteiger partial charge is 0.262 e. The van der Waals surface area contributed by atoms with E-state index < -0.39 is 17.5 Å². The molecule has 1 aromatic carbocycles. The maximum absolute atomic E-state index is 14.4. The van der Waals surface area contributed by atoms with Gasteiger partial charge < -0.3 is 4.74 Å². The molecule has 0 radical (unpaired) electrons. The van der Waals surface area contributed by atoms with Crippen molar-refractivity contribution in [3.8, 4) is 5.75 Å². The van der Waals surface area contributed by atoms with E-state index in [1.807, 2.05) is 20.8 Å². The summed E-state index contributed by atoms with van der Waals surface area (Å²) < 4.78 is 33.1. The number of pyridine rings is 1. The van der Waals surface area contributed by atoms with E-state index in [-0.39, 0.29) is 16.7 Å². The van der Waals surface area contributed by atoms with Crippen LogP contribution in [0.1, 0.15) is 36.8 Å². The molecule has 0 aliphatic heterocycles. The van der Waals surface area contributed by atoms with E-state index in [2.05, 4.69) is 4.98 Å². The predicted octanol–water partition coefficient (Wildman–Crippen LogP) is 4.37. The monoisotopic (exact) mass is 348 g/mol. The second kappa shape index (κ2) is 7.17. The van der Waals surface area contributed by atoms with Gasteiger partial charge in [-0.1, -0.05) is 26.8 Å². The topological polar surface area (TPSA) is 42.4 Å². The Bertz CT molecular complexity index is 785. The molecule has 0 fully saturated rings. The molecule has 0 aliphatic rings. The molecule has 134 valence electrons. The van der Waals surface area contributed by atoms with Crippen LogP contribution in [0, 0.1) is 24.0 Å². The van der Waals surface area contributed by atoms with Crippen molar-refractivity contribution in [2.75, 3.05) is 18.6 Å². The fourth-order valence-electron chi connectivity index (χ4n) is 2.41. The summed E-state index contributed by atoms with van der Waals surface area (Å²) in [6.07, 6.45) is 0. The number of anilines is 1. The van der Waals surface area contributed by atoms with Gasteiger partial charge >= 0.3 is 0 Å². The van der Waals surface area contributed by atoms with Gasteiger partial charge in [-0.15, -0.1) is 0 Å². The van der Waals surface area contributed by atoms with Gasteiger partial charge in [0.05, 0.1) is 12.7 Å². The average molecular weight is 348 g/mol. The molecular weight excluding hydrogens is 326 g/mol. The minimum Gasteiger partial charge on any atom is -0.494 e. The molecule has 0 unspecified atom stereocenters. The van der Waals surface area contributed by atoms with Crippen LogP contribution in [0.4, 0.5) is 14.6 Å². The molecular formula is C19H22F2N2O2. The lowest BCUT2D eigenvalue weighted by Gasteiger charge is -2.29. The summed E-state index contributed by atoms with van der Waals surface area (Å²) in [4.78, 5) is 18.7. The third-order valence-corrected chi connectivity index (χ3v) is 3.52. The highest BCUT2D eigenvalue weighted by atomic mass is 19.2. The van der Waals surface area contributed by atoms with Gasteiger partial charge in [-0.3, -0.25) is 9.69 Å². The van der Waals surface area contributed by atoms with Crippen molar-refractivity contribution in [2.24, 2.45) is 5.41 Å². The van der Waals surface area contributed by atoms with Crippen LogP contribution in [0.25, 0.3) is 0 Å². The van der Waals surface area contributed by atoms with Gasteiger partial charge in [-0.25, -0.2) is 9.37 Å². The normalized spacial score (nSPS) is 11.3. The largest absolute Gasteiger partial charge is 0.494 e. The molecule has 0 atom stereocenters. The average Bonchev–Trinajstić information content (AvgIpc) is 2.54. The Labute approximate surface area is 146 Å². The Hall–Kier alpha value is -2.50. The Morgan fingerprint density at radius 2 is 1.84 bits per heavy atom. The molecule has 1 amide bonds. The first-order chi connectivity index (χ1) is 11.6. The number of hydrogen-bond donors (Lipinski definition) is 0. The Morgan fingerprint density at radius 3 is 2.40 bits per heavy atom. The van der Waals surface area contributed by atoms with E-state index in [1.165, 1.54) is 24.1 Å². The first kappa shape index (κ1) is 18.8. The first-order valence-corrected chi connectivity index (χ1v) is 7.91. The van der Waals surface area contributed by atoms with Crippen LogP contribution in [0.2, 0.25) is 0 Å². The number of amides is 1. The fourth-order valence-corrected chi connectivity index (χ4v) is 2.41. The Kier molecular flexibility index (Phi) is 5.40. The third kappa shape index (κ3) is 4.32. The van der Waals surface area contributed by atoms with Gasteiger partial charge in [-0.05, 0) is 36.6 Å². The van der Waals surface area contributed by atoms with Crippen LogP contribution in [0.15, 0.2) is 30.3 Å². The lowest BCUT2D eigenvalue weighted by Crippen LogP contribution is -2.39. The number of rotatable bonds is 4. The van der Waals surface area contributed by atoms with Crippen LogP contribution in [0.5, 0.6) is 5.75 Å². The molecule has 0 aliphatic carbocycles. The van der Waals surface area contributed by atoms with Crippen molar-refractivity contribution < 1.29 is 18.3 Å². The summed E-state index contributed by atoms with van der Waals surface area (Å²) in [5.41, 5.74) is 0.110. The number of carbonyl (C=O) groups excluding carboxylic acids is 1. The van der Waals surface area contributed by atoms with Crippen molar-refractivity contribution in [3.05, 3.63) is 53.2 Å². The summed E-state index contributed by atoms with van der Waals surface area (Å²) in [6, 6.07) is 7.71. The number of nitrogens with zero attached hydrogens (tertiary/aromatic N) is 2. The van der Waals surface area contributed by atoms with Crippen molar-refractivity contribution in [2.45, 2.75) is 27.7 Å². The maximum Gasteiger partial charge on any atom is 0.262 e. The molecule has 4 nitrogen and oxygen atoms in total. The lowest BCUT2D eigenvalue weighted by atomic mass is 9.95. The molecule has 2 rings (SSSR count). The number of aryl methyl sites for hydroxylation is 1. The number of aromatic nitrogens is 1. The highest BCUT2D eigenvalue weighted by molar-refractivity contribution is 6.06. The number of carbonyl (C=O) groups is 1. The van der Waals surface area contributed by atoms with Crippen LogP contribution >= 0.6 is 0 Å². The molecule has 0 N–H and O–H groups in total. The number of benzene rings is 1. The van der Waals surface area contributed by atoms with Gasteiger partial charge in [0.2, 0.25) is 5.82 Å². The molecule has 25 heavy (non-hydrogen) atoms. The number of hydrogen-bond acceptors (Lipinski definition) is 3. The Balaban J connectivity index is 2.51. The molecule has 0 saturated heterocycles. The number of methoxy groups -OCH3 is 1. The summed E-state index contributed by atoms with van der Waals surface area (Å²) in [7, 11) is 1.24. The predicted molar refractivity (Wildman–Crippen MR) is 93.0 cm³/mol. The third-order valence-electron chi connectivity index (χ3n) is 3.52. The highest BCUT2D eigenvalue weighted by Gasteiger charge is 2.28. The summed E-state index contributed by atoms with van der Waals surface area (Å²) >= 11 is 0. The number of halogens is 2. The summed E-state index contributed by atoms with van der Waals surface area (Å²) in [6.45, 7) is 7.96. The minimum absolute atomic E-state index is 0.245. The van der Waals surface area contributed by atoms with Crippen LogP contribution in [0.3, 0.4) is 0 Å². The molecule has 1 heterocycles. The van der Waals surface area contributed by atoms with E-state index >= 15 is 0 Å². The van der Waals surface area contributed by atoms with Crippen LogP contribution in [-0.2, 0) is 0 Å². The van der Waals surface area contributed by atoms with Crippen molar-refractivity contribution in [3.63, 3.8) is 0 Å². The zero-order chi connectivity index (χ0) is 18.8. The van der Waals surface area contributed by atoms with Gasteiger partial charge in [0.15, 0.2) is 11.6 Å². The van der Waals surface area contributed by atoms with Gasteiger partial charge in [0.1, 0.15) is 5.82 Å². The zero-order valence-corrected chi connectivity index (χ0v) is 15.1. The molecule has 0 bridgehead atoms. The summed E-state index contributed by atoms with van der Waals surface area (Å²) in [5.74, 6) is -2.90. The van der Waals surface area contributed by atoms with Gasteiger partial charge in [0, 0.05) is 12.2 Å². The van der Waals surface area contributed by atoms with Crippen LogP contribution in [-0.4, -0.2) is 24.5 Å². The standard InChI is InChI=1S/C19H22F2N2O2/c1-12-7-6-8-15(22-12)23(11-19(2,3)4)18(24)13-9-10-14(25-5)17(21)16(13)20/h6-10H,11H2,1-5H3. The van der Waals surface area contributed by atoms with E-state index in [9.17, 15) is 13.6 Å². The SMILES string of the molecule is COc1ccc(C(=O)N(CC(C)(C)C)c2cccc(C)n2)c(F)c1F. The maximum atomic E-state index is 14.4. The Morgan fingerprint density at radius 1 is 1.16 bits per heavy atom. The highest BCUT2D eigenvalue weighted by Crippen LogP contribution is 2.27. The van der Waals surface area contributed by atoms with E-state index in [0.29, 0.717) is 12.4 Å². The molecule has 0 spiro atoms. The van der Waals surface area contributed by atoms with Crippen molar-refractivity contribution >= 4 is 11.7 Å². The van der Waals surface area contributed by atoms with Crippen LogP contribution < -0.4 is 9.64 Å². The fraction of sp³-hybridized carbons (Fsp3) is 0.368. The minimum atomic E-state index is -1.23. The second-order valence-corrected chi connectivity index (χ2v) is 7.03. The van der Waals surface area contributed by atoms with Gasteiger partial charge in [0.25, 0.3) is 5.91 Å². The van der Waals surface area contributed by atoms with Crippen molar-refractivity contribution in [1.82, 2.24) is 4.98 Å². The number of ether oxygens (including phenoxy) is 1. The van der Waals surface area contributed by atoms with E-state index in [1.54, 1.807) is 25.1 Å². The van der Waals surface area contributed by atoms with E-state index in [4.69, 9.17) is 4.74 Å². The molecule has 0 saturated carbocycles. The van der Waals surface area contributed by atoms with E-state index in [0.717, 1.165) is 5.69 Å².